The number of imidazole rings is 1. The second-order valence-corrected chi connectivity index (χ2v) is 3.33. The molecule has 0 fully saturated rings. The minimum absolute atomic E-state index is 0.199. The van der Waals surface area contributed by atoms with Crippen LogP contribution in [0.25, 0.3) is 17.2 Å². The predicted molar refractivity (Wildman–Crippen MR) is 59.4 cm³/mol. The van der Waals surface area contributed by atoms with Crippen LogP contribution in [0.1, 0.15) is 0 Å². The smallest absolute Gasteiger partial charge is 0.212 e. The Labute approximate surface area is 86.2 Å². The fourth-order valence-electron chi connectivity index (χ4n) is 1.65. The van der Waals surface area contributed by atoms with Crippen LogP contribution in [-0.4, -0.2) is 14.7 Å². The van der Waals surface area contributed by atoms with Crippen LogP contribution < -0.4 is 5.32 Å². The molecule has 1 aromatic heterocycles. The fourth-order valence-corrected chi connectivity index (χ4v) is 1.65. The Morgan fingerprint density at radius 3 is 3.07 bits per heavy atom. The van der Waals surface area contributed by atoms with E-state index in [0.29, 0.717) is 5.95 Å². The molecule has 0 amide bonds. The number of hydrogen-bond donors (Lipinski definition) is 2. The molecule has 2 heterocycles. The van der Waals surface area contributed by atoms with E-state index < -0.39 is 0 Å². The van der Waals surface area contributed by atoms with Crippen molar-refractivity contribution in [2.75, 3.05) is 5.32 Å². The number of allylic oxidation sites excluding steroid dienone is 1. The first-order valence-corrected chi connectivity index (χ1v) is 4.65. The number of fused-ring (bicyclic) bond motifs is 3. The van der Waals surface area contributed by atoms with E-state index in [0.717, 1.165) is 11.0 Å². The van der Waals surface area contributed by atoms with Gasteiger partial charge < -0.3 is 10.4 Å². The van der Waals surface area contributed by atoms with Gasteiger partial charge in [0.05, 0.1) is 17.2 Å². The number of nitrogens with one attached hydrogen (secondary N) is 1. The van der Waals surface area contributed by atoms with Crippen molar-refractivity contribution in [2.45, 2.75) is 0 Å². The molecule has 0 aliphatic carbocycles. The maximum Gasteiger partial charge on any atom is 0.212 e. The van der Waals surface area contributed by atoms with Gasteiger partial charge in [-0.2, -0.15) is 0 Å². The highest BCUT2D eigenvalue weighted by Crippen LogP contribution is 2.21. The summed E-state index contributed by atoms with van der Waals surface area (Å²) in [4.78, 5) is 4.39. The number of benzene rings is 1. The maximum atomic E-state index is 9.50. The number of anilines is 1. The molecule has 0 saturated heterocycles. The summed E-state index contributed by atoms with van der Waals surface area (Å²) in [7, 11) is 0. The third-order valence-corrected chi connectivity index (χ3v) is 2.32. The molecule has 4 heteroatoms. The van der Waals surface area contributed by atoms with Crippen LogP contribution in [0.2, 0.25) is 0 Å². The first kappa shape index (κ1) is 8.11. The van der Waals surface area contributed by atoms with Crippen molar-refractivity contribution in [1.82, 2.24) is 9.55 Å². The predicted octanol–water partition coefficient (Wildman–Crippen LogP) is 2.33. The second-order valence-electron chi connectivity index (χ2n) is 3.33. The van der Waals surface area contributed by atoms with E-state index >= 15 is 0 Å². The van der Waals surface area contributed by atoms with Crippen LogP contribution in [0.3, 0.4) is 0 Å². The zero-order valence-corrected chi connectivity index (χ0v) is 7.88. The topological polar surface area (TPSA) is 50.1 Å². The van der Waals surface area contributed by atoms with Gasteiger partial charge in [0, 0.05) is 6.20 Å². The highest BCUT2D eigenvalue weighted by atomic mass is 16.3. The molecule has 0 radical (unpaired) electrons. The van der Waals surface area contributed by atoms with E-state index in [1.165, 1.54) is 0 Å². The van der Waals surface area contributed by atoms with Gasteiger partial charge in [0.1, 0.15) is 5.76 Å². The highest BCUT2D eigenvalue weighted by Gasteiger charge is 2.09. The molecule has 4 nitrogen and oxygen atoms in total. The standard InChI is InChI=1S/C11H9N3O/c15-8-5-6-12-11-13-9-3-1-2-4-10(9)14(11)7-8/h1-7,15H,(H,12,13). The number of hydrogen-bond acceptors (Lipinski definition) is 3. The number of aliphatic hydroxyl groups excluding tert-OH is 1. The minimum atomic E-state index is 0.199. The lowest BCUT2D eigenvalue weighted by Crippen LogP contribution is -1.94. The normalized spacial score (nSPS) is 14.3. The summed E-state index contributed by atoms with van der Waals surface area (Å²) in [6.07, 6.45) is 4.89. The van der Waals surface area contributed by atoms with Crippen molar-refractivity contribution >= 4 is 23.2 Å². The summed E-state index contributed by atoms with van der Waals surface area (Å²) in [5.41, 5.74) is 1.87. The molecule has 0 saturated carbocycles. The number of aromatic nitrogens is 2. The fraction of sp³-hybridized carbons (Fsp3) is 0. The highest BCUT2D eigenvalue weighted by molar-refractivity contribution is 5.82. The molecule has 2 N–H and O–H groups in total. The maximum absolute atomic E-state index is 9.50. The van der Waals surface area contributed by atoms with Crippen molar-refractivity contribution < 1.29 is 5.11 Å². The summed E-state index contributed by atoms with van der Waals surface area (Å²) in [5, 5.41) is 12.5. The summed E-state index contributed by atoms with van der Waals surface area (Å²) in [6.45, 7) is 0. The van der Waals surface area contributed by atoms with Gasteiger partial charge in [-0.1, -0.05) is 12.1 Å². The molecule has 1 aromatic carbocycles. The van der Waals surface area contributed by atoms with E-state index in [1.807, 2.05) is 28.8 Å². The van der Waals surface area contributed by atoms with Gasteiger partial charge in [-0.15, -0.1) is 0 Å². The summed E-state index contributed by atoms with van der Waals surface area (Å²) in [5.74, 6) is 0.904. The van der Waals surface area contributed by atoms with E-state index in [2.05, 4.69) is 10.3 Å². The van der Waals surface area contributed by atoms with Crippen LogP contribution in [0, 0.1) is 0 Å². The molecule has 0 unspecified atom stereocenters. The minimum Gasteiger partial charge on any atom is -0.506 e. The molecule has 0 spiro atoms. The summed E-state index contributed by atoms with van der Waals surface area (Å²) < 4.78 is 1.82. The molecule has 0 atom stereocenters. The number of rotatable bonds is 0. The van der Waals surface area contributed by atoms with Crippen LogP contribution in [0.4, 0.5) is 5.95 Å². The quantitative estimate of drug-likeness (QED) is 0.684. The molecule has 2 aromatic rings. The number of nitrogens with zero attached hydrogens (tertiary/aromatic N) is 2. The average Bonchev–Trinajstić information content (AvgIpc) is 2.47. The Morgan fingerprint density at radius 1 is 1.27 bits per heavy atom. The zero-order chi connectivity index (χ0) is 10.3. The largest absolute Gasteiger partial charge is 0.506 e. The van der Waals surface area contributed by atoms with Gasteiger partial charge in [-0.25, -0.2) is 4.98 Å². The van der Waals surface area contributed by atoms with Crippen LogP contribution >= 0.6 is 0 Å². The first-order valence-electron chi connectivity index (χ1n) is 4.65. The lowest BCUT2D eigenvalue weighted by atomic mass is 10.3. The third-order valence-electron chi connectivity index (χ3n) is 2.32. The van der Waals surface area contributed by atoms with Crippen molar-refractivity contribution in [1.29, 1.82) is 0 Å². The lowest BCUT2D eigenvalue weighted by molar-refractivity contribution is 0.436. The Kier molecular flexibility index (Phi) is 1.56. The molecule has 0 bridgehead atoms. The summed E-state index contributed by atoms with van der Waals surface area (Å²) >= 11 is 0. The molecular formula is C11H9N3O. The van der Waals surface area contributed by atoms with Gasteiger partial charge in [0.15, 0.2) is 0 Å². The number of aliphatic hydroxyl groups is 1. The van der Waals surface area contributed by atoms with Crippen molar-refractivity contribution in [3.8, 4) is 0 Å². The van der Waals surface area contributed by atoms with Gasteiger partial charge >= 0.3 is 0 Å². The van der Waals surface area contributed by atoms with Gasteiger partial charge in [-0.3, -0.25) is 4.57 Å². The van der Waals surface area contributed by atoms with Crippen LogP contribution in [0.5, 0.6) is 0 Å². The first-order chi connectivity index (χ1) is 7.34. The van der Waals surface area contributed by atoms with E-state index in [1.54, 1.807) is 18.5 Å². The Hall–Kier alpha value is -2.23. The second kappa shape index (κ2) is 2.88. The third kappa shape index (κ3) is 1.19. The van der Waals surface area contributed by atoms with Crippen LogP contribution in [0.15, 0.2) is 42.3 Å². The Morgan fingerprint density at radius 2 is 2.13 bits per heavy atom. The molecular weight excluding hydrogens is 190 g/mol. The Bertz CT molecular complexity index is 581. The monoisotopic (exact) mass is 199 g/mol. The summed E-state index contributed by atoms with van der Waals surface area (Å²) in [6, 6.07) is 7.78. The van der Waals surface area contributed by atoms with Gasteiger partial charge in [0.25, 0.3) is 0 Å². The molecule has 1 aliphatic heterocycles. The van der Waals surface area contributed by atoms with Crippen LogP contribution in [-0.2, 0) is 0 Å². The van der Waals surface area contributed by atoms with Gasteiger partial charge in [0.2, 0.25) is 5.95 Å². The molecule has 3 rings (SSSR count). The zero-order valence-electron chi connectivity index (χ0n) is 7.88. The number of para-hydroxylation sites is 2. The van der Waals surface area contributed by atoms with Crippen molar-refractivity contribution in [3.05, 3.63) is 42.3 Å². The van der Waals surface area contributed by atoms with E-state index in [4.69, 9.17) is 0 Å². The van der Waals surface area contributed by atoms with E-state index in [-0.39, 0.29) is 5.76 Å². The molecule has 74 valence electrons. The Balaban J connectivity index is 2.36. The van der Waals surface area contributed by atoms with Crippen molar-refractivity contribution in [2.24, 2.45) is 0 Å². The lowest BCUT2D eigenvalue weighted by Gasteiger charge is -1.99. The molecule has 1 aliphatic rings. The molecule has 15 heavy (non-hydrogen) atoms. The SMILES string of the molecule is OC1=Cn2c(nc3ccccc32)NC=C1. The van der Waals surface area contributed by atoms with E-state index in [9.17, 15) is 5.11 Å². The van der Waals surface area contributed by atoms with Crippen molar-refractivity contribution in [3.63, 3.8) is 0 Å². The van der Waals surface area contributed by atoms with Gasteiger partial charge in [-0.05, 0) is 18.2 Å². The average molecular weight is 199 g/mol.